The first-order valence-corrected chi connectivity index (χ1v) is 8.67. The van der Waals surface area contributed by atoms with Crippen molar-refractivity contribution in [3.05, 3.63) is 71.8 Å². The molecule has 2 unspecified atom stereocenters. The maximum atomic E-state index is 12.1. The number of hydrogen-bond acceptors (Lipinski definition) is 4. The summed E-state index contributed by atoms with van der Waals surface area (Å²) < 4.78 is 10.6. The van der Waals surface area contributed by atoms with E-state index in [1.807, 2.05) is 60.7 Å². The van der Waals surface area contributed by atoms with Crippen molar-refractivity contribution in [2.24, 2.45) is 0 Å². The van der Waals surface area contributed by atoms with E-state index in [0.29, 0.717) is 13.1 Å². The van der Waals surface area contributed by atoms with Crippen molar-refractivity contribution in [1.29, 1.82) is 0 Å². The van der Waals surface area contributed by atoms with Crippen LogP contribution in [0.5, 0.6) is 0 Å². The minimum absolute atomic E-state index is 0.0440. The van der Waals surface area contributed by atoms with Crippen LogP contribution in [0.3, 0.4) is 0 Å². The molecule has 2 heterocycles. The van der Waals surface area contributed by atoms with Crippen molar-refractivity contribution < 1.29 is 19.1 Å². The zero-order valence-electron chi connectivity index (χ0n) is 14.3. The van der Waals surface area contributed by atoms with Crippen LogP contribution in [0.1, 0.15) is 11.1 Å². The van der Waals surface area contributed by atoms with Gasteiger partial charge in [0, 0.05) is 13.1 Å². The summed E-state index contributed by atoms with van der Waals surface area (Å²) >= 11 is 0. The Labute approximate surface area is 151 Å². The fourth-order valence-corrected chi connectivity index (χ4v) is 2.99. The fourth-order valence-electron chi connectivity index (χ4n) is 2.99. The van der Waals surface area contributed by atoms with E-state index in [1.165, 1.54) is 0 Å². The van der Waals surface area contributed by atoms with Crippen molar-refractivity contribution in [3.63, 3.8) is 0 Å². The van der Waals surface area contributed by atoms with Gasteiger partial charge in [0.05, 0.1) is 12.1 Å². The molecule has 0 aromatic heterocycles. The van der Waals surface area contributed by atoms with Crippen LogP contribution in [0.15, 0.2) is 60.7 Å². The molecule has 2 aliphatic rings. The van der Waals surface area contributed by atoms with Crippen LogP contribution >= 0.6 is 0 Å². The molecule has 6 heteroatoms. The van der Waals surface area contributed by atoms with E-state index in [9.17, 15) is 9.59 Å². The SMILES string of the molecule is O=C(OCc1ccccc1)N1CC1C1CN1C(=O)OCc1ccccc1. The van der Waals surface area contributed by atoms with Gasteiger partial charge in [-0.05, 0) is 11.1 Å². The van der Waals surface area contributed by atoms with Gasteiger partial charge in [-0.1, -0.05) is 60.7 Å². The van der Waals surface area contributed by atoms with Gasteiger partial charge in [0.1, 0.15) is 13.2 Å². The quantitative estimate of drug-likeness (QED) is 0.776. The van der Waals surface area contributed by atoms with Gasteiger partial charge >= 0.3 is 12.2 Å². The first-order valence-electron chi connectivity index (χ1n) is 8.67. The lowest BCUT2D eigenvalue weighted by Gasteiger charge is -2.08. The Balaban J connectivity index is 1.19. The predicted octanol–water partition coefficient (Wildman–Crippen LogP) is 3.03. The summed E-state index contributed by atoms with van der Waals surface area (Å²) in [5.74, 6) is 0. The van der Waals surface area contributed by atoms with E-state index in [0.717, 1.165) is 11.1 Å². The second kappa shape index (κ2) is 7.07. The number of hydrogen-bond donors (Lipinski definition) is 0. The molecule has 4 rings (SSSR count). The van der Waals surface area contributed by atoms with E-state index in [1.54, 1.807) is 9.80 Å². The lowest BCUT2D eigenvalue weighted by atomic mass is 10.2. The summed E-state index contributed by atoms with van der Waals surface area (Å²) in [6, 6.07) is 19.2. The molecule has 2 aromatic rings. The minimum atomic E-state index is -0.330. The molecule has 134 valence electrons. The van der Waals surface area contributed by atoms with Crippen LogP contribution in [0, 0.1) is 0 Å². The zero-order chi connectivity index (χ0) is 17.9. The van der Waals surface area contributed by atoms with Crippen LogP contribution in [0.2, 0.25) is 0 Å². The lowest BCUT2D eigenvalue weighted by Crippen LogP contribution is -2.22. The molecule has 2 saturated heterocycles. The van der Waals surface area contributed by atoms with Crippen molar-refractivity contribution in [1.82, 2.24) is 9.80 Å². The normalized spacial score (nSPS) is 20.5. The smallest absolute Gasteiger partial charge is 0.410 e. The number of benzene rings is 2. The van der Waals surface area contributed by atoms with Gasteiger partial charge in [-0.2, -0.15) is 0 Å². The summed E-state index contributed by atoms with van der Waals surface area (Å²) in [6.45, 7) is 1.77. The molecule has 2 atom stereocenters. The van der Waals surface area contributed by atoms with Crippen molar-refractivity contribution in [2.75, 3.05) is 13.1 Å². The lowest BCUT2D eigenvalue weighted by molar-refractivity contribution is 0.116. The average molecular weight is 352 g/mol. The largest absolute Gasteiger partial charge is 0.445 e. The number of carbonyl (C=O) groups is 2. The molecule has 2 aliphatic heterocycles. The monoisotopic (exact) mass is 352 g/mol. The molecule has 2 fully saturated rings. The molecular formula is C20H20N2O4. The fraction of sp³-hybridized carbons (Fsp3) is 0.300. The Morgan fingerprint density at radius 2 is 1.12 bits per heavy atom. The van der Waals surface area contributed by atoms with E-state index < -0.39 is 0 Å². The first kappa shape index (κ1) is 16.4. The van der Waals surface area contributed by atoms with Gasteiger partial charge in [0.15, 0.2) is 0 Å². The summed E-state index contributed by atoms with van der Waals surface area (Å²) in [6.07, 6.45) is -0.660. The average Bonchev–Trinajstić information content (AvgIpc) is 3.58. The van der Waals surface area contributed by atoms with Gasteiger partial charge in [-0.25, -0.2) is 9.59 Å². The highest BCUT2D eigenvalue weighted by molar-refractivity contribution is 5.74. The second-order valence-corrected chi connectivity index (χ2v) is 6.52. The third-order valence-electron chi connectivity index (χ3n) is 4.62. The Hall–Kier alpha value is -3.02. The van der Waals surface area contributed by atoms with Gasteiger partial charge in [-0.15, -0.1) is 0 Å². The number of rotatable bonds is 5. The molecule has 2 amide bonds. The number of ether oxygens (including phenoxy) is 2. The Kier molecular flexibility index (Phi) is 4.48. The Morgan fingerprint density at radius 1 is 0.731 bits per heavy atom. The van der Waals surface area contributed by atoms with Crippen LogP contribution in [-0.2, 0) is 22.7 Å². The van der Waals surface area contributed by atoms with Crippen LogP contribution in [-0.4, -0.2) is 47.2 Å². The van der Waals surface area contributed by atoms with Crippen LogP contribution in [0.4, 0.5) is 9.59 Å². The topological polar surface area (TPSA) is 58.6 Å². The van der Waals surface area contributed by atoms with Crippen LogP contribution in [0.25, 0.3) is 0 Å². The predicted molar refractivity (Wildman–Crippen MR) is 94.2 cm³/mol. The molecule has 0 aliphatic carbocycles. The molecule has 0 bridgehead atoms. The molecule has 0 radical (unpaired) electrons. The van der Waals surface area contributed by atoms with Gasteiger partial charge < -0.3 is 9.47 Å². The second-order valence-electron chi connectivity index (χ2n) is 6.52. The molecule has 0 spiro atoms. The number of nitrogens with zero attached hydrogens (tertiary/aromatic N) is 2. The van der Waals surface area contributed by atoms with Gasteiger partial charge in [0.25, 0.3) is 0 Å². The molecule has 6 nitrogen and oxygen atoms in total. The number of amides is 2. The third-order valence-corrected chi connectivity index (χ3v) is 4.62. The first-order chi connectivity index (χ1) is 12.7. The van der Waals surface area contributed by atoms with Gasteiger partial charge in [-0.3, -0.25) is 9.80 Å². The maximum Gasteiger partial charge on any atom is 0.410 e. The number of carbonyl (C=O) groups excluding carboxylic acids is 2. The van der Waals surface area contributed by atoms with Crippen molar-refractivity contribution in [3.8, 4) is 0 Å². The Bertz CT molecular complexity index is 713. The highest BCUT2D eigenvalue weighted by Crippen LogP contribution is 2.34. The zero-order valence-corrected chi connectivity index (χ0v) is 14.3. The van der Waals surface area contributed by atoms with Crippen molar-refractivity contribution in [2.45, 2.75) is 25.3 Å². The molecule has 2 aromatic carbocycles. The third kappa shape index (κ3) is 3.79. The highest BCUT2D eigenvalue weighted by Gasteiger charge is 2.56. The van der Waals surface area contributed by atoms with E-state index >= 15 is 0 Å². The van der Waals surface area contributed by atoms with E-state index in [4.69, 9.17) is 9.47 Å². The van der Waals surface area contributed by atoms with E-state index in [-0.39, 0.29) is 37.5 Å². The van der Waals surface area contributed by atoms with Gasteiger partial charge in [0.2, 0.25) is 0 Å². The van der Waals surface area contributed by atoms with Crippen molar-refractivity contribution >= 4 is 12.2 Å². The molecule has 0 N–H and O–H groups in total. The maximum absolute atomic E-state index is 12.1. The standard InChI is InChI=1S/C20H20N2O4/c23-19(25-13-15-7-3-1-4-8-15)21-11-17(21)18-12-22(18)20(24)26-14-16-9-5-2-6-10-16/h1-10,17-18H,11-14H2. The summed E-state index contributed by atoms with van der Waals surface area (Å²) in [4.78, 5) is 27.5. The molecule has 26 heavy (non-hydrogen) atoms. The highest BCUT2D eigenvalue weighted by atomic mass is 16.6. The van der Waals surface area contributed by atoms with Crippen LogP contribution < -0.4 is 0 Å². The summed E-state index contributed by atoms with van der Waals surface area (Å²) in [5.41, 5.74) is 1.91. The summed E-state index contributed by atoms with van der Waals surface area (Å²) in [5, 5.41) is 0. The molecule has 0 saturated carbocycles. The minimum Gasteiger partial charge on any atom is -0.445 e. The van der Waals surface area contributed by atoms with E-state index in [2.05, 4.69) is 0 Å². The summed E-state index contributed by atoms with van der Waals surface area (Å²) in [7, 11) is 0. The molecular weight excluding hydrogens is 332 g/mol. The Morgan fingerprint density at radius 3 is 1.50 bits per heavy atom.